The molecule has 2 fully saturated rings. The van der Waals surface area contributed by atoms with Crippen molar-refractivity contribution in [2.75, 3.05) is 13.7 Å². The Morgan fingerprint density at radius 2 is 1.76 bits per heavy atom. The lowest BCUT2D eigenvalue weighted by Crippen LogP contribution is -2.66. The van der Waals surface area contributed by atoms with Crippen LogP contribution in [0.15, 0.2) is 10.6 Å². The molecule has 2 aliphatic heterocycles. The fraction of sp³-hybridized carbons (Fsp3) is 0.829. The second-order valence-corrected chi connectivity index (χ2v) is 15.5. The van der Waals surface area contributed by atoms with E-state index in [0.29, 0.717) is 25.0 Å². The summed E-state index contributed by atoms with van der Waals surface area (Å²) >= 11 is 0. The normalized spacial score (nSPS) is 25.1. The number of carbonyl (C=O) groups excluding carboxylic acids is 3. The van der Waals surface area contributed by atoms with Crippen molar-refractivity contribution in [1.82, 2.24) is 15.4 Å². The first-order valence-corrected chi connectivity index (χ1v) is 17.1. The Labute approximate surface area is 275 Å². The van der Waals surface area contributed by atoms with E-state index >= 15 is 0 Å². The van der Waals surface area contributed by atoms with Crippen LogP contribution in [0.4, 0.5) is 0 Å². The van der Waals surface area contributed by atoms with Crippen LogP contribution in [0.5, 0.6) is 0 Å². The zero-order valence-corrected chi connectivity index (χ0v) is 29.7. The molecule has 1 aromatic rings. The van der Waals surface area contributed by atoms with E-state index in [1.807, 2.05) is 26.8 Å². The molecular formula is C35H59N3O8. The summed E-state index contributed by atoms with van der Waals surface area (Å²) in [6.07, 6.45) is 7.53. The molecule has 11 nitrogen and oxygen atoms in total. The Bertz CT molecular complexity index is 1200. The summed E-state index contributed by atoms with van der Waals surface area (Å²) < 4.78 is 16.7. The first kappa shape index (κ1) is 38.0. The molecule has 262 valence electrons. The van der Waals surface area contributed by atoms with Crippen LogP contribution in [-0.2, 0) is 36.8 Å². The number of hydrogen-bond acceptors (Lipinski definition) is 9. The maximum absolute atomic E-state index is 13.8. The molecule has 3 N–H and O–H groups in total. The summed E-state index contributed by atoms with van der Waals surface area (Å²) in [5, 5.41) is 29.9. The lowest BCUT2D eigenvalue weighted by Gasteiger charge is -2.44. The van der Waals surface area contributed by atoms with Gasteiger partial charge in [-0.15, -0.1) is 0 Å². The molecular weight excluding hydrogens is 590 g/mol. The van der Waals surface area contributed by atoms with E-state index in [1.165, 1.54) is 24.9 Å². The summed E-state index contributed by atoms with van der Waals surface area (Å²) in [4.78, 5) is 41.4. The first-order valence-electron chi connectivity index (χ1n) is 17.1. The van der Waals surface area contributed by atoms with Gasteiger partial charge in [-0.05, 0) is 53.4 Å². The molecule has 2 saturated heterocycles. The number of aliphatic hydroxyl groups is 2. The van der Waals surface area contributed by atoms with Crippen LogP contribution in [0.3, 0.4) is 0 Å². The first-order chi connectivity index (χ1) is 21.4. The maximum atomic E-state index is 13.8. The van der Waals surface area contributed by atoms with Gasteiger partial charge in [-0.3, -0.25) is 14.5 Å². The number of nitrogens with zero attached hydrogens (tertiary/aromatic N) is 2. The van der Waals surface area contributed by atoms with Crippen LogP contribution in [0.1, 0.15) is 131 Å². The predicted molar refractivity (Wildman–Crippen MR) is 173 cm³/mol. The van der Waals surface area contributed by atoms with Crippen molar-refractivity contribution in [1.29, 1.82) is 0 Å². The average Bonchev–Trinajstić information content (AvgIpc) is 3.66. The van der Waals surface area contributed by atoms with E-state index < -0.39 is 45.7 Å². The van der Waals surface area contributed by atoms with E-state index in [2.05, 4.69) is 17.4 Å². The van der Waals surface area contributed by atoms with Gasteiger partial charge in [0, 0.05) is 11.5 Å². The number of esters is 1. The lowest BCUT2D eigenvalue weighted by molar-refractivity contribution is -0.173. The van der Waals surface area contributed by atoms with Gasteiger partial charge in [-0.25, -0.2) is 4.79 Å². The molecule has 0 bridgehead atoms. The number of ether oxygens (including phenoxy) is 2. The number of aliphatic hydroxyl groups excluding tert-OH is 1. The van der Waals surface area contributed by atoms with Gasteiger partial charge in [0.25, 0.3) is 0 Å². The second kappa shape index (κ2) is 14.7. The van der Waals surface area contributed by atoms with Crippen LogP contribution in [0.25, 0.3) is 0 Å². The number of methoxy groups -OCH3 is 1. The van der Waals surface area contributed by atoms with E-state index in [9.17, 15) is 24.6 Å². The maximum Gasteiger partial charge on any atom is 0.337 e. The van der Waals surface area contributed by atoms with Crippen molar-refractivity contribution in [3.05, 3.63) is 17.5 Å². The van der Waals surface area contributed by atoms with Crippen molar-refractivity contribution in [2.45, 2.75) is 156 Å². The van der Waals surface area contributed by atoms with Crippen LogP contribution in [0, 0.1) is 16.2 Å². The average molecular weight is 650 g/mol. The molecule has 0 spiro atoms. The van der Waals surface area contributed by atoms with E-state index in [4.69, 9.17) is 14.0 Å². The molecule has 1 unspecified atom stereocenters. The van der Waals surface area contributed by atoms with Crippen molar-refractivity contribution in [3.63, 3.8) is 0 Å². The molecule has 4 atom stereocenters. The largest absolute Gasteiger partial charge is 0.467 e. The van der Waals surface area contributed by atoms with Crippen molar-refractivity contribution < 1.29 is 38.6 Å². The zero-order valence-electron chi connectivity index (χ0n) is 29.7. The molecule has 2 amide bonds. The van der Waals surface area contributed by atoms with Gasteiger partial charge < -0.3 is 29.5 Å². The number of fused-ring (bicyclic) bond motifs is 1. The highest BCUT2D eigenvalue weighted by Crippen LogP contribution is 2.58. The molecule has 46 heavy (non-hydrogen) atoms. The summed E-state index contributed by atoms with van der Waals surface area (Å²) in [7, 11) is 1.27. The van der Waals surface area contributed by atoms with Crippen molar-refractivity contribution >= 4 is 17.8 Å². The SMILES string of the molecule is CCCCCCCC(O)C(C)(C)C(=O)NCc1cc(CCCCC[C@]2(O)C(C)(C)C(=O)N3[C@@H](C(C)(C)C)OC[C@@]32C(=O)OC)no1. The minimum absolute atomic E-state index is 0.124. The van der Waals surface area contributed by atoms with Crippen LogP contribution >= 0.6 is 0 Å². The minimum Gasteiger partial charge on any atom is -0.467 e. The third kappa shape index (κ3) is 7.16. The van der Waals surface area contributed by atoms with Gasteiger partial charge in [0.2, 0.25) is 11.8 Å². The summed E-state index contributed by atoms with van der Waals surface area (Å²) in [6, 6.07) is 1.82. The molecule has 0 aromatic carbocycles. The molecule has 0 saturated carbocycles. The number of aromatic nitrogens is 1. The molecule has 2 aliphatic rings. The third-order valence-corrected chi connectivity index (χ3v) is 10.3. The molecule has 0 aliphatic carbocycles. The van der Waals surface area contributed by atoms with E-state index in [0.717, 1.165) is 37.8 Å². The number of carbonyl (C=O) groups is 3. The van der Waals surface area contributed by atoms with E-state index in [-0.39, 0.29) is 31.4 Å². The summed E-state index contributed by atoms with van der Waals surface area (Å²) in [5.74, 6) is -0.686. The molecule has 1 aromatic heterocycles. The number of amides is 2. The number of rotatable bonds is 17. The minimum atomic E-state index is -1.69. The van der Waals surface area contributed by atoms with E-state index in [1.54, 1.807) is 27.7 Å². The van der Waals surface area contributed by atoms with Gasteiger partial charge in [0.1, 0.15) is 11.8 Å². The summed E-state index contributed by atoms with van der Waals surface area (Å²) in [5.41, 5.74) is -5.18. The van der Waals surface area contributed by atoms with Gasteiger partial charge in [-0.1, -0.05) is 77.8 Å². The third-order valence-electron chi connectivity index (χ3n) is 10.3. The fourth-order valence-electron chi connectivity index (χ4n) is 7.06. The Morgan fingerprint density at radius 1 is 1.11 bits per heavy atom. The molecule has 3 rings (SSSR count). The highest BCUT2D eigenvalue weighted by Gasteiger charge is 2.79. The Balaban J connectivity index is 1.53. The quantitative estimate of drug-likeness (QED) is 0.155. The Kier molecular flexibility index (Phi) is 12.2. The summed E-state index contributed by atoms with van der Waals surface area (Å²) in [6.45, 7) is 15.0. The fourth-order valence-corrected chi connectivity index (χ4v) is 7.06. The van der Waals surface area contributed by atoms with Gasteiger partial charge in [0.05, 0.1) is 42.9 Å². The second-order valence-electron chi connectivity index (χ2n) is 15.5. The monoisotopic (exact) mass is 649 g/mol. The number of hydrogen-bond donors (Lipinski definition) is 3. The van der Waals surface area contributed by atoms with Crippen LogP contribution < -0.4 is 5.32 Å². The zero-order chi connectivity index (χ0) is 34.6. The number of unbranched alkanes of at least 4 members (excludes halogenated alkanes) is 6. The van der Waals surface area contributed by atoms with Crippen LogP contribution in [0.2, 0.25) is 0 Å². The molecule has 0 radical (unpaired) electrons. The molecule has 11 heteroatoms. The number of nitrogens with one attached hydrogen (secondary N) is 1. The Morgan fingerprint density at radius 3 is 2.39 bits per heavy atom. The standard InChI is InChI=1S/C35H59N3O8/c1-10-11-12-13-16-19-26(39)32(5,6)27(40)36-22-25-21-24(37-46-25)18-15-14-17-20-35(43)33(7,8)28(41)38-29(31(2,3)4)45-23-34(35,38)30(42)44-9/h21,26,29,39,43H,10-20,22-23H2,1-9H3,(H,36,40)/t26?,29-,34+,35+/m1/s1. The highest BCUT2D eigenvalue weighted by atomic mass is 16.6. The number of aryl methyl sites for hydroxylation is 1. The van der Waals surface area contributed by atoms with Gasteiger partial charge >= 0.3 is 5.97 Å². The smallest absolute Gasteiger partial charge is 0.337 e. The topological polar surface area (TPSA) is 151 Å². The lowest BCUT2D eigenvalue weighted by atomic mass is 9.65. The Hall–Kier alpha value is -2.50. The highest BCUT2D eigenvalue weighted by molar-refractivity contribution is 5.98. The predicted octanol–water partition coefficient (Wildman–Crippen LogP) is 5.06. The van der Waals surface area contributed by atoms with Crippen LogP contribution in [-0.4, -0.2) is 75.2 Å². The van der Waals surface area contributed by atoms with Gasteiger partial charge in [0.15, 0.2) is 11.3 Å². The van der Waals surface area contributed by atoms with Gasteiger partial charge in [-0.2, -0.15) is 0 Å². The van der Waals surface area contributed by atoms with Crippen molar-refractivity contribution in [3.8, 4) is 0 Å². The molecule has 3 heterocycles. The van der Waals surface area contributed by atoms with Crippen molar-refractivity contribution in [2.24, 2.45) is 16.2 Å².